The summed E-state index contributed by atoms with van der Waals surface area (Å²) in [6.07, 6.45) is 5.14. The molecule has 1 aromatic carbocycles. The van der Waals surface area contributed by atoms with Gasteiger partial charge in [0, 0.05) is 56.5 Å². The Morgan fingerprint density at radius 2 is 1.57 bits per heavy atom. The Labute approximate surface area is 318 Å². The number of quaternary nitrogens is 1. The van der Waals surface area contributed by atoms with E-state index in [9.17, 15) is 24.3 Å². The van der Waals surface area contributed by atoms with E-state index in [1.807, 2.05) is 76.4 Å². The van der Waals surface area contributed by atoms with Crippen LogP contribution in [-0.4, -0.2) is 78.0 Å². The topological polar surface area (TPSA) is 142 Å². The molecule has 0 radical (unpaired) electrons. The lowest BCUT2D eigenvalue weighted by molar-refractivity contribution is -0.931. The standard InChI is InChI=1S/C43H68N4O6/c1-10-29(7)41(46-43(52)33(28(5)6)24-38(49)32(11-2)27(3)4)40(53-9)25-39(50)36-20-16-22-47(36)37(26-48)30(8)42(51)45-35(34-19-15-21-44-34)23-31-17-13-12-14-18-31/h12-15,17-19,21,27-30,32-33,35-37,40-41,44,48H,10-11,16,20,22-26H2,1-9H3,(H,45,51)(H,46,52)/p+1/t29-,30-,32?,33?,35-,36?,37+,40+,41?/m0/s1. The highest BCUT2D eigenvalue weighted by molar-refractivity contribution is 5.88. The third-order valence-electron chi connectivity index (χ3n) is 12.0. The molecule has 53 heavy (non-hydrogen) atoms. The van der Waals surface area contributed by atoms with Gasteiger partial charge in [0.15, 0.2) is 5.78 Å². The van der Waals surface area contributed by atoms with Crippen LogP contribution >= 0.6 is 0 Å². The maximum atomic E-state index is 14.2. The molecule has 5 N–H and O–H groups in total. The molecule has 0 saturated carbocycles. The number of ether oxygens (including phenoxy) is 1. The van der Waals surface area contributed by atoms with Crippen LogP contribution in [0.25, 0.3) is 0 Å². The Morgan fingerprint density at radius 3 is 2.11 bits per heavy atom. The maximum absolute atomic E-state index is 14.2. The third-order valence-corrected chi connectivity index (χ3v) is 12.0. The van der Waals surface area contributed by atoms with Crippen LogP contribution in [0.3, 0.4) is 0 Å². The molecule has 1 aliphatic rings. The summed E-state index contributed by atoms with van der Waals surface area (Å²) in [6, 6.07) is 12.3. The van der Waals surface area contributed by atoms with Crippen molar-refractivity contribution in [1.82, 2.24) is 15.6 Å². The number of nitrogens with one attached hydrogen (secondary N) is 4. The number of amides is 2. The summed E-state index contributed by atoms with van der Waals surface area (Å²) < 4.78 is 5.98. The van der Waals surface area contributed by atoms with Crippen molar-refractivity contribution in [1.29, 1.82) is 0 Å². The van der Waals surface area contributed by atoms with Crippen LogP contribution in [0.1, 0.15) is 111 Å². The SMILES string of the molecule is CCC(C(=O)CC(C(=O)NC([C@@H](C)CC)[C@@H](CC(=O)C1CCC[NH+]1[C@H](CO)[C@H](C)C(=O)N[C@@H](Cc1ccccc1)c1ccc[nH]1)OC)C(C)C)C(C)C. The first-order valence-electron chi connectivity index (χ1n) is 20.1. The number of aromatic nitrogens is 1. The number of H-pyrrole nitrogens is 1. The Hall–Kier alpha value is -3.34. The fourth-order valence-electron chi connectivity index (χ4n) is 8.31. The van der Waals surface area contributed by atoms with Gasteiger partial charge in [-0.15, -0.1) is 0 Å². The molecule has 1 aliphatic heterocycles. The molecule has 1 saturated heterocycles. The Balaban J connectivity index is 1.75. The Kier molecular flexibility index (Phi) is 17.9. The number of carbonyl (C=O) groups excluding carboxylic acids is 4. The van der Waals surface area contributed by atoms with Gasteiger partial charge in [-0.1, -0.05) is 85.2 Å². The summed E-state index contributed by atoms with van der Waals surface area (Å²) in [4.78, 5) is 59.4. The zero-order chi connectivity index (χ0) is 39.2. The summed E-state index contributed by atoms with van der Waals surface area (Å²) in [6.45, 7) is 16.5. The number of carbonyl (C=O) groups is 4. The first kappa shape index (κ1) is 44.1. The lowest BCUT2D eigenvalue weighted by Crippen LogP contribution is -3.19. The molecule has 5 unspecified atom stereocenters. The monoisotopic (exact) mass is 738 g/mol. The van der Waals surface area contributed by atoms with E-state index in [2.05, 4.69) is 43.3 Å². The molecule has 1 aromatic heterocycles. The second kappa shape index (κ2) is 21.5. The van der Waals surface area contributed by atoms with Gasteiger partial charge in [-0.25, -0.2) is 0 Å². The summed E-state index contributed by atoms with van der Waals surface area (Å²) >= 11 is 0. The zero-order valence-electron chi connectivity index (χ0n) is 33.8. The van der Waals surface area contributed by atoms with Crippen LogP contribution in [0, 0.1) is 35.5 Å². The van der Waals surface area contributed by atoms with Gasteiger partial charge in [0.05, 0.1) is 37.3 Å². The molecular weight excluding hydrogens is 668 g/mol. The second-order valence-corrected chi connectivity index (χ2v) is 16.1. The average molecular weight is 738 g/mol. The predicted molar refractivity (Wildman–Crippen MR) is 209 cm³/mol. The van der Waals surface area contributed by atoms with Crippen molar-refractivity contribution in [3.8, 4) is 0 Å². The normalized spacial score (nSPS) is 20.6. The average Bonchev–Trinajstić information content (AvgIpc) is 3.85. The minimum absolute atomic E-state index is 0.00427. The van der Waals surface area contributed by atoms with E-state index in [0.717, 1.165) is 35.4 Å². The number of hydrogen-bond acceptors (Lipinski definition) is 6. The summed E-state index contributed by atoms with van der Waals surface area (Å²) in [5, 5.41) is 17.2. The van der Waals surface area contributed by atoms with E-state index < -0.39 is 36.1 Å². The first-order chi connectivity index (χ1) is 25.3. The molecule has 0 bridgehead atoms. The fourth-order valence-corrected chi connectivity index (χ4v) is 8.31. The molecule has 10 heteroatoms. The quantitative estimate of drug-likeness (QED) is 0.110. The van der Waals surface area contributed by atoms with Gasteiger partial charge in [0.25, 0.3) is 0 Å². The van der Waals surface area contributed by atoms with E-state index in [0.29, 0.717) is 19.4 Å². The molecule has 2 amide bonds. The number of ketones is 2. The van der Waals surface area contributed by atoms with Gasteiger partial charge >= 0.3 is 0 Å². The van der Waals surface area contributed by atoms with Crippen molar-refractivity contribution in [3.05, 3.63) is 59.9 Å². The molecule has 1 fully saturated rings. The van der Waals surface area contributed by atoms with E-state index in [1.165, 1.54) is 0 Å². The summed E-state index contributed by atoms with van der Waals surface area (Å²) in [7, 11) is 1.58. The van der Waals surface area contributed by atoms with Crippen LogP contribution < -0.4 is 15.5 Å². The minimum atomic E-state index is -0.571. The minimum Gasteiger partial charge on any atom is -0.390 e. The summed E-state index contributed by atoms with van der Waals surface area (Å²) in [5.41, 5.74) is 2.00. The van der Waals surface area contributed by atoms with E-state index in [-0.39, 0.29) is 72.5 Å². The molecule has 10 nitrogen and oxygen atoms in total. The molecule has 10 atom stereocenters. The highest BCUT2D eigenvalue weighted by atomic mass is 16.5. The van der Waals surface area contributed by atoms with Gasteiger partial charge in [-0.05, 0) is 55.2 Å². The van der Waals surface area contributed by atoms with Gasteiger partial charge in [0.1, 0.15) is 17.9 Å². The third kappa shape index (κ3) is 12.1. The van der Waals surface area contributed by atoms with Gasteiger partial charge < -0.3 is 30.4 Å². The largest absolute Gasteiger partial charge is 0.390 e. The zero-order valence-corrected chi connectivity index (χ0v) is 33.8. The van der Waals surface area contributed by atoms with E-state index in [1.54, 1.807) is 7.11 Å². The highest BCUT2D eigenvalue weighted by Gasteiger charge is 2.45. The highest BCUT2D eigenvalue weighted by Crippen LogP contribution is 2.26. The number of likely N-dealkylation sites (tertiary alicyclic amines) is 1. The van der Waals surface area contributed by atoms with Crippen molar-refractivity contribution in [2.24, 2.45) is 35.5 Å². The molecule has 0 aliphatic carbocycles. The first-order valence-corrected chi connectivity index (χ1v) is 20.1. The summed E-state index contributed by atoms with van der Waals surface area (Å²) in [5.74, 6) is -1.15. The maximum Gasteiger partial charge on any atom is 0.229 e. The van der Waals surface area contributed by atoms with Gasteiger partial charge in [0.2, 0.25) is 11.8 Å². The Bertz CT molecular complexity index is 1410. The number of Topliss-reactive ketones (excluding diaryl/α,β-unsaturated/α-hetero) is 2. The van der Waals surface area contributed by atoms with E-state index >= 15 is 0 Å². The fraction of sp³-hybridized carbons (Fsp3) is 0.674. The van der Waals surface area contributed by atoms with Crippen molar-refractivity contribution in [3.63, 3.8) is 0 Å². The van der Waals surface area contributed by atoms with Gasteiger partial charge in [-0.3, -0.25) is 19.2 Å². The lowest BCUT2D eigenvalue weighted by atomic mass is 9.81. The van der Waals surface area contributed by atoms with Gasteiger partial charge in [-0.2, -0.15) is 0 Å². The number of hydrogen-bond donors (Lipinski definition) is 5. The molecule has 2 heterocycles. The number of aromatic amines is 1. The van der Waals surface area contributed by atoms with Crippen LogP contribution in [0.15, 0.2) is 48.7 Å². The van der Waals surface area contributed by atoms with Crippen molar-refractivity contribution in [2.45, 2.75) is 131 Å². The molecule has 3 rings (SSSR count). The van der Waals surface area contributed by atoms with Crippen LogP contribution in [-0.2, 0) is 30.3 Å². The number of rotatable bonds is 23. The number of methoxy groups -OCH3 is 1. The smallest absolute Gasteiger partial charge is 0.229 e. The molecule has 296 valence electrons. The predicted octanol–water partition coefficient (Wildman–Crippen LogP) is 4.88. The molecule has 2 aromatic rings. The second-order valence-electron chi connectivity index (χ2n) is 16.1. The lowest BCUT2D eigenvalue weighted by Gasteiger charge is -2.35. The van der Waals surface area contributed by atoms with E-state index in [4.69, 9.17) is 4.74 Å². The van der Waals surface area contributed by atoms with Crippen molar-refractivity contribution >= 4 is 23.4 Å². The van der Waals surface area contributed by atoms with Crippen LogP contribution in [0.5, 0.6) is 0 Å². The number of aliphatic hydroxyl groups excluding tert-OH is 1. The van der Waals surface area contributed by atoms with Crippen molar-refractivity contribution in [2.75, 3.05) is 20.3 Å². The molecular formula is C43H69N4O6+. The molecule has 0 spiro atoms. The Morgan fingerprint density at radius 1 is 0.887 bits per heavy atom. The van der Waals surface area contributed by atoms with Crippen LogP contribution in [0.2, 0.25) is 0 Å². The number of aliphatic hydroxyl groups is 1. The van der Waals surface area contributed by atoms with Crippen LogP contribution in [0.4, 0.5) is 0 Å². The van der Waals surface area contributed by atoms with Crippen molar-refractivity contribution < 1.29 is 33.9 Å². The number of benzene rings is 1.